The van der Waals surface area contributed by atoms with Crippen molar-refractivity contribution in [2.75, 3.05) is 0 Å². The lowest BCUT2D eigenvalue weighted by atomic mass is 9.91. The number of hydrogen-bond donors (Lipinski definition) is 1. The molecule has 0 unspecified atom stereocenters. The lowest BCUT2D eigenvalue weighted by molar-refractivity contribution is 0.342. The fourth-order valence-electron chi connectivity index (χ4n) is 1.76. The van der Waals surface area contributed by atoms with Crippen LogP contribution < -0.4 is 4.72 Å². The number of hydrogen-bond acceptors (Lipinski definition) is 3. The van der Waals surface area contributed by atoms with E-state index in [-0.39, 0.29) is 9.75 Å². The maximum absolute atomic E-state index is 12.3. The molecular weight excluding hydrogens is 358 g/mol. The lowest BCUT2D eigenvalue weighted by Gasteiger charge is -2.30. The summed E-state index contributed by atoms with van der Waals surface area (Å²) >= 11 is 10.2. The van der Waals surface area contributed by atoms with Crippen molar-refractivity contribution in [1.82, 2.24) is 4.72 Å². The Labute approximate surface area is 126 Å². The van der Waals surface area contributed by atoms with Gasteiger partial charge < -0.3 is 0 Å². The molecule has 0 aromatic carbocycles. The summed E-state index contributed by atoms with van der Waals surface area (Å²) in [6.07, 6.45) is 2.29. The number of rotatable bonds is 6. The molecule has 0 saturated carbocycles. The minimum Gasteiger partial charge on any atom is -0.206 e. The minimum absolute atomic E-state index is 0.249. The van der Waals surface area contributed by atoms with E-state index in [1.54, 1.807) is 0 Å². The second kappa shape index (κ2) is 6.22. The first kappa shape index (κ1) is 16.4. The highest BCUT2D eigenvalue weighted by Crippen LogP contribution is 2.35. The zero-order chi connectivity index (χ0) is 14.0. The molecule has 0 aliphatic rings. The zero-order valence-electron chi connectivity index (χ0n) is 10.6. The quantitative estimate of drug-likeness (QED) is 0.801. The maximum Gasteiger partial charge on any atom is 0.250 e. The van der Waals surface area contributed by atoms with Crippen molar-refractivity contribution in [3.8, 4) is 0 Å². The first-order chi connectivity index (χ1) is 8.30. The molecule has 104 valence electrons. The van der Waals surface area contributed by atoms with Crippen LogP contribution in [0.5, 0.6) is 0 Å². The predicted molar refractivity (Wildman–Crippen MR) is 81.0 cm³/mol. The van der Waals surface area contributed by atoms with Crippen molar-refractivity contribution in [2.24, 2.45) is 0 Å². The fourth-order valence-corrected chi connectivity index (χ4v) is 5.77. The molecule has 18 heavy (non-hydrogen) atoms. The van der Waals surface area contributed by atoms with E-state index in [0.29, 0.717) is 8.81 Å². The van der Waals surface area contributed by atoms with E-state index in [1.165, 1.54) is 6.07 Å². The van der Waals surface area contributed by atoms with Gasteiger partial charge in [0.15, 0.2) is 0 Å². The fraction of sp³-hybridized carbons (Fsp3) is 0.636. The second-order valence-corrected chi connectivity index (χ2v) is 8.82. The molecule has 7 heteroatoms. The Morgan fingerprint density at radius 1 is 1.33 bits per heavy atom. The Morgan fingerprint density at radius 2 is 1.83 bits per heavy atom. The number of thiophene rings is 1. The molecule has 0 fully saturated rings. The molecule has 1 heterocycles. The largest absolute Gasteiger partial charge is 0.250 e. The first-order valence-corrected chi connectivity index (χ1v) is 9.26. The smallest absolute Gasteiger partial charge is 0.206 e. The molecule has 0 aliphatic carbocycles. The summed E-state index contributed by atoms with van der Waals surface area (Å²) in [5.74, 6) is 0. The van der Waals surface area contributed by atoms with Crippen LogP contribution in [-0.2, 0) is 10.0 Å². The Kier molecular flexibility index (Phi) is 5.68. The van der Waals surface area contributed by atoms with E-state index in [4.69, 9.17) is 11.6 Å². The highest BCUT2D eigenvalue weighted by Gasteiger charge is 2.31. The summed E-state index contributed by atoms with van der Waals surface area (Å²) in [5.41, 5.74) is -0.373. The highest BCUT2D eigenvalue weighted by molar-refractivity contribution is 9.11. The molecule has 1 N–H and O–H groups in total. The standard InChI is InChI=1S/C11H17BrClNO2S2/c1-4-11(5-2,6-3)14-18(15,16)9-7-8(13)10(12)17-9/h7,14H,4-6H2,1-3H3. The Morgan fingerprint density at radius 3 is 2.17 bits per heavy atom. The van der Waals surface area contributed by atoms with Crippen LogP contribution in [-0.4, -0.2) is 14.0 Å². The summed E-state index contributed by atoms with van der Waals surface area (Å²) in [4.78, 5) is 0. The average molecular weight is 375 g/mol. The summed E-state index contributed by atoms with van der Waals surface area (Å²) in [5, 5.41) is 0.426. The normalized spacial score (nSPS) is 12.9. The number of sulfonamides is 1. The number of halogens is 2. The lowest BCUT2D eigenvalue weighted by Crippen LogP contribution is -2.46. The third-order valence-corrected chi connectivity index (χ3v) is 7.80. The van der Waals surface area contributed by atoms with E-state index in [0.717, 1.165) is 30.6 Å². The summed E-state index contributed by atoms with van der Waals surface area (Å²) < 4.78 is 28.3. The van der Waals surface area contributed by atoms with Gasteiger partial charge in [0.1, 0.15) is 4.21 Å². The van der Waals surface area contributed by atoms with Crippen LogP contribution >= 0.6 is 38.9 Å². The van der Waals surface area contributed by atoms with Gasteiger partial charge in [-0.05, 0) is 41.3 Å². The van der Waals surface area contributed by atoms with Gasteiger partial charge >= 0.3 is 0 Å². The van der Waals surface area contributed by atoms with Gasteiger partial charge in [0, 0.05) is 5.54 Å². The third kappa shape index (κ3) is 3.48. The third-order valence-electron chi connectivity index (χ3n) is 3.27. The number of nitrogens with one attached hydrogen (secondary N) is 1. The highest BCUT2D eigenvalue weighted by atomic mass is 79.9. The summed E-state index contributed by atoms with van der Waals surface area (Å²) in [6, 6.07) is 1.48. The van der Waals surface area contributed by atoms with Crippen LogP contribution in [0.15, 0.2) is 14.1 Å². The minimum atomic E-state index is -3.50. The average Bonchev–Trinajstić information content (AvgIpc) is 2.68. The second-order valence-electron chi connectivity index (χ2n) is 4.13. The van der Waals surface area contributed by atoms with Crippen molar-refractivity contribution in [3.63, 3.8) is 0 Å². The van der Waals surface area contributed by atoms with Crippen molar-refractivity contribution in [3.05, 3.63) is 14.9 Å². The van der Waals surface area contributed by atoms with Crippen molar-refractivity contribution in [1.29, 1.82) is 0 Å². The van der Waals surface area contributed by atoms with Crippen LogP contribution in [0.4, 0.5) is 0 Å². The maximum atomic E-state index is 12.3. The predicted octanol–water partition coefficient (Wildman–Crippen LogP) is 4.41. The van der Waals surface area contributed by atoms with E-state index in [9.17, 15) is 8.42 Å². The van der Waals surface area contributed by atoms with E-state index < -0.39 is 10.0 Å². The zero-order valence-corrected chi connectivity index (χ0v) is 14.6. The van der Waals surface area contributed by atoms with Crippen LogP contribution in [0.1, 0.15) is 40.0 Å². The van der Waals surface area contributed by atoms with Crippen LogP contribution in [0.3, 0.4) is 0 Å². The molecule has 1 aromatic heterocycles. The van der Waals surface area contributed by atoms with Crippen LogP contribution in [0, 0.1) is 0 Å². The Hall–Kier alpha value is 0.380. The van der Waals surface area contributed by atoms with Gasteiger partial charge in [-0.3, -0.25) is 0 Å². The van der Waals surface area contributed by atoms with Crippen LogP contribution in [0.25, 0.3) is 0 Å². The van der Waals surface area contributed by atoms with Gasteiger partial charge in [-0.2, -0.15) is 0 Å². The van der Waals surface area contributed by atoms with Crippen LogP contribution in [0.2, 0.25) is 5.02 Å². The van der Waals surface area contributed by atoms with E-state index in [1.807, 2.05) is 20.8 Å². The molecule has 0 radical (unpaired) electrons. The van der Waals surface area contributed by atoms with Gasteiger partial charge in [0.25, 0.3) is 10.0 Å². The molecule has 1 aromatic rings. The van der Waals surface area contributed by atoms with Gasteiger partial charge in [-0.1, -0.05) is 32.4 Å². The molecule has 1 rings (SSSR count). The van der Waals surface area contributed by atoms with Crippen molar-refractivity contribution >= 4 is 48.9 Å². The molecule has 0 amide bonds. The van der Waals surface area contributed by atoms with Gasteiger partial charge in [-0.15, -0.1) is 11.3 Å². The SMILES string of the molecule is CCC(CC)(CC)NS(=O)(=O)c1cc(Cl)c(Br)s1. The van der Waals surface area contributed by atoms with E-state index in [2.05, 4.69) is 20.7 Å². The van der Waals surface area contributed by atoms with E-state index >= 15 is 0 Å². The molecule has 0 spiro atoms. The monoisotopic (exact) mass is 373 g/mol. The van der Waals surface area contributed by atoms with Gasteiger partial charge in [-0.25, -0.2) is 13.1 Å². The van der Waals surface area contributed by atoms with Gasteiger partial charge in [0.05, 0.1) is 8.81 Å². The Balaban J connectivity index is 3.08. The molecule has 0 aliphatic heterocycles. The molecular formula is C11H17BrClNO2S2. The summed E-state index contributed by atoms with van der Waals surface area (Å²) in [7, 11) is -3.50. The van der Waals surface area contributed by atoms with Gasteiger partial charge in [0.2, 0.25) is 0 Å². The molecule has 0 atom stereocenters. The molecule has 3 nitrogen and oxygen atoms in total. The molecule has 0 saturated heterocycles. The Bertz CT molecular complexity index is 481. The summed E-state index contributed by atoms with van der Waals surface area (Å²) in [6.45, 7) is 5.98. The topological polar surface area (TPSA) is 46.2 Å². The van der Waals surface area contributed by atoms with Crippen molar-refractivity contribution in [2.45, 2.75) is 49.8 Å². The first-order valence-electron chi connectivity index (χ1n) is 5.79. The molecule has 0 bridgehead atoms. The van der Waals surface area contributed by atoms with Crippen molar-refractivity contribution < 1.29 is 8.42 Å².